The van der Waals surface area contributed by atoms with Crippen LogP contribution in [0.4, 0.5) is 4.79 Å². The van der Waals surface area contributed by atoms with Gasteiger partial charge in [-0.2, -0.15) is 0 Å². The summed E-state index contributed by atoms with van der Waals surface area (Å²) in [5.74, 6) is 0.419. The first-order valence-electron chi connectivity index (χ1n) is 13.4. The minimum atomic E-state index is -0.528. The molecule has 2 aromatic carbocycles. The molecule has 0 bridgehead atoms. The van der Waals surface area contributed by atoms with E-state index in [1.807, 2.05) is 43.9 Å². The smallest absolute Gasteiger partial charge is 0.410 e. The standard InChI is InChI=1S/C30H40N4O3S/c1-21(2)38-31-20-22(3)23-7-10-26(11-8-23)34-14-13-24-19-25(9-12-27(24)34)28(35)32-15-17-33(18-16-32)29(36)37-30(4,5)6/h7-14,19,21-22,31H,15-18,20H2,1-6H3. The fourth-order valence-corrected chi connectivity index (χ4v) is 5.20. The third-order valence-electron chi connectivity index (χ3n) is 6.60. The Morgan fingerprint density at radius 2 is 1.61 bits per heavy atom. The summed E-state index contributed by atoms with van der Waals surface area (Å²) in [6.07, 6.45) is 1.73. The predicted molar refractivity (Wildman–Crippen MR) is 156 cm³/mol. The van der Waals surface area contributed by atoms with Crippen LogP contribution < -0.4 is 4.72 Å². The van der Waals surface area contributed by atoms with Crippen LogP contribution in [0.5, 0.6) is 0 Å². The van der Waals surface area contributed by atoms with Crippen LogP contribution in [-0.4, -0.2) is 69.9 Å². The Kier molecular flexibility index (Phi) is 8.73. The summed E-state index contributed by atoms with van der Waals surface area (Å²) in [5, 5.41) is 1.59. The maximum atomic E-state index is 13.2. The molecule has 1 atom stereocenters. The van der Waals surface area contributed by atoms with Gasteiger partial charge in [-0.25, -0.2) is 4.79 Å². The van der Waals surface area contributed by atoms with Crippen LogP contribution in [0.3, 0.4) is 0 Å². The molecular weight excluding hydrogens is 496 g/mol. The molecule has 0 saturated carbocycles. The predicted octanol–water partition coefficient (Wildman–Crippen LogP) is 6.07. The Morgan fingerprint density at radius 3 is 2.24 bits per heavy atom. The molecule has 204 valence electrons. The lowest BCUT2D eigenvalue weighted by molar-refractivity contribution is 0.0141. The highest BCUT2D eigenvalue weighted by atomic mass is 32.2. The van der Waals surface area contributed by atoms with Crippen molar-refractivity contribution >= 4 is 34.9 Å². The van der Waals surface area contributed by atoms with Gasteiger partial charge in [-0.05, 0) is 68.7 Å². The number of amides is 2. The molecule has 2 amide bonds. The zero-order valence-corrected chi connectivity index (χ0v) is 24.2. The molecule has 4 rings (SSSR count). The summed E-state index contributed by atoms with van der Waals surface area (Å²) in [5.41, 5.74) is 3.60. The number of nitrogens with zero attached hydrogens (tertiary/aromatic N) is 3. The van der Waals surface area contributed by atoms with Crippen molar-refractivity contribution in [3.63, 3.8) is 0 Å². The number of hydrogen-bond donors (Lipinski definition) is 1. The van der Waals surface area contributed by atoms with Crippen LogP contribution in [-0.2, 0) is 4.74 Å². The van der Waals surface area contributed by atoms with Gasteiger partial charge in [0.1, 0.15) is 5.60 Å². The fourth-order valence-electron chi connectivity index (χ4n) is 4.52. The number of hydrogen-bond acceptors (Lipinski definition) is 5. The first-order chi connectivity index (χ1) is 18.0. The SMILES string of the molecule is CC(C)SNCC(C)c1ccc(-n2ccc3cc(C(=O)N4CCN(C(=O)OC(C)(C)C)CC4)ccc32)cc1. The van der Waals surface area contributed by atoms with E-state index in [0.717, 1.165) is 23.1 Å². The Hall–Kier alpha value is -2.97. The fraction of sp³-hybridized carbons (Fsp3) is 0.467. The highest BCUT2D eigenvalue weighted by Crippen LogP contribution is 2.25. The van der Waals surface area contributed by atoms with E-state index < -0.39 is 5.60 Å². The maximum absolute atomic E-state index is 13.2. The molecule has 1 aromatic heterocycles. The molecule has 1 saturated heterocycles. The van der Waals surface area contributed by atoms with Crippen LogP contribution >= 0.6 is 11.9 Å². The Morgan fingerprint density at radius 1 is 0.947 bits per heavy atom. The number of benzene rings is 2. The summed E-state index contributed by atoms with van der Waals surface area (Å²) in [6.45, 7) is 15.1. The van der Waals surface area contributed by atoms with Gasteiger partial charge in [0.15, 0.2) is 0 Å². The van der Waals surface area contributed by atoms with Gasteiger partial charge in [0.05, 0.1) is 5.52 Å². The van der Waals surface area contributed by atoms with Gasteiger partial charge < -0.3 is 19.1 Å². The molecule has 0 radical (unpaired) electrons. The summed E-state index contributed by atoms with van der Waals surface area (Å²) >= 11 is 1.77. The van der Waals surface area contributed by atoms with Crippen molar-refractivity contribution in [2.24, 2.45) is 0 Å². The third kappa shape index (κ3) is 6.91. The molecule has 3 aromatic rings. The van der Waals surface area contributed by atoms with E-state index in [9.17, 15) is 9.59 Å². The van der Waals surface area contributed by atoms with E-state index in [1.165, 1.54) is 5.56 Å². The van der Waals surface area contributed by atoms with Crippen LogP contribution in [0, 0.1) is 0 Å². The second kappa shape index (κ2) is 11.8. The lowest BCUT2D eigenvalue weighted by atomic mass is 10.0. The summed E-state index contributed by atoms with van der Waals surface area (Å²) in [7, 11) is 0. The quantitative estimate of drug-likeness (QED) is 0.371. The second-order valence-electron chi connectivity index (χ2n) is 11.2. The van der Waals surface area contributed by atoms with E-state index in [4.69, 9.17) is 4.74 Å². The number of aromatic nitrogens is 1. The Balaban J connectivity index is 1.39. The number of piperazine rings is 1. The van der Waals surface area contributed by atoms with Crippen LogP contribution in [0.1, 0.15) is 63.4 Å². The molecule has 1 N–H and O–H groups in total. The maximum Gasteiger partial charge on any atom is 0.410 e. The highest BCUT2D eigenvalue weighted by Gasteiger charge is 2.28. The van der Waals surface area contributed by atoms with Gasteiger partial charge in [-0.1, -0.05) is 44.9 Å². The number of ether oxygens (including phenoxy) is 1. The van der Waals surface area contributed by atoms with E-state index in [0.29, 0.717) is 42.9 Å². The molecule has 1 unspecified atom stereocenters. The number of fused-ring (bicyclic) bond motifs is 1. The lowest BCUT2D eigenvalue weighted by Crippen LogP contribution is -2.51. The normalized spacial score (nSPS) is 15.2. The van der Waals surface area contributed by atoms with Crippen LogP contribution in [0.2, 0.25) is 0 Å². The average molecular weight is 537 g/mol. The highest BCUT2D eigenvalue weighted by molar-refractivity contribution is 7.97. The zero-order chi connectivity index (χ0) is 27.4. The Labute approximate surface area is 230 Å². The monoisotopic (exact) mass is 536 g/mol. The van der Waals surface area contributed by atoms with E-state index in [1.54, 1.807) is 16.8 Å². The minimum Gasteiger partial charge on any atom is -0.444 e. The average Bonchev–Trinajstić information content (AvgIpc) is 3.30. The van der Waals surface area contributed by atoms with Crippen LogP contribution in [0.15, 0.2) is 54.7 Å². The first kappa shape index (κ1) is 28.0. The van der Waals surface area contributed by atoms with Crippen molar-refractivity contribution in [2.75, 3.05) is 32.7 Å². The summed E-state index contributed by atoms with van der Waals surface area (Å²) < 4.78 is 11.1. The van der Waals surface area contributed by atoms with Crippen molar-refractivity contribution in [3.05, 3.63) is 65.9 Å². The second-order valence-corrected chi connectivity index (χ2v) is 12.7. The molecule has 1 aliphatic heterocycles. The zero-order valence-electron chi connectivity index (χ0n) is 23.4. The van der Waals surface area contributed by atoms with Crippen molar-refractivity contribution in [1.82, 2.24) is 19.1 Å². The number of rotatable bonds is 7. The number of carbonyl (C=O) groups excluding carboxylic acids is 2. The van der Waals surface area contributed by atoms with Crippen molar-refractivity contribution in [2.45, 2.75) is 58.3 Å². The van der Waals surface area contributed by atoms with Crippen molar-refractivity contribution in [3.8, 4) is 5.69 Å². The van der Waals surface area contributed by atoms with Crippen LogP contribution in [0.25, 0.3) is 16.6 Å². The molecular formula is C30H40N4O3S. The number of nitrogens with one attached hydrogen (secondary N) is 1. The molecule has 1 fully saturated rings. The molecule has 0 aliphatic carbocycles. The van der Waals surface area contributed by atoms with Gasteiger partial charge in [-0.3, -0.25) is 9.52 Å². The molecule has 38 heavy (non-hydrogen) atoms. The summed E-state index contributed by atoms with van der Waals surface area (Å²) in [4.78, 5) is 29.0. The van der Waals surface area contributed by atoms with E-state index in [-0.39, 0.29) is 12.0 Å². The molecule has 7 nitrogen and oxygen atoms in total. The van der Waals surface area contributed by atoms with Gasteiger partial charge in [0.25, 0.3) is 5.91 Å². The first-order valence-corrected chi connectivity index (χ1v) is 14.3. The molecule has 2 heterocycles. The number of carbonyl (C=O) groups is 2. The van der Waals surface area contributed by atoms with Crippen molar-refractivity contribution in [1.29, 1.82) is 0 Å². The van der Waals surface area contributed by atoms with Gasteiger partial charge in [-0.15, -0.1) is 0 Å². The molecule has 0 spiro atoms. The van der Waals surface area contributed by atoms with Gasteiger partial charge in [0.2, 0.25) is 0 Å². The van der Waals surface area contributed by atoms with Crippen molar-refractivity contribution < 1.29 is 14.3 Å². The minimum absolute atomic E-state index is 0.00827. The molecule has 8 heteroatoms. The third-order valence-corrected chi connectivity index (χ3v) is 7.41. The van der Waals surface area contributed by atoms with Gasteiger partial charge in [0, 0.05) is 60.8 Å². The van der Waals surface area contributed by atoms with Gasteiger partial charge >= 0.3 is 6.09 Å². The summed E-state index contributed by atoms with van der Waals surface area (Å²) in [6, 6.07) is 16.6. The van der Waals surface area contributed by atoms with E-state index >= 15 is 0 Å². The largest absolute Gasteiger partial charge is 0.444 e. The lowest BCUT2D eigenvalue weighted by Gasteiger charge is -2.35. The Bertz CT molecular complexity index is 1250. The van der Waals surface area contributed by atoms with E-state index in [2.05, 4.69) is 66.6 Å². The topological polar surface area (TPSA) is 66.8 Å². The molecule has 1 aliphatic rings.